The standard InChI is InChI=1S/C13H23NOS/c1-4-6-11(7-5-2)13(15)8-12-9-16-10(3)14-12/h9,11,13,15H,4-8H2,1-3H3. The Balaban J connectivity index is 2.50. The van der Waals surface area contributed by atoms with Gasteiger partial charge in [-0.2, -0.15) is 0 Å². The van der Waals surface area contributed by atoms with Crippen molar-refractivity contribution in [3.63, 3.8) is 0 Å². The van der Waals surface area contributed by atoms with Crippen LogP contribution in [0.15, 0.2) is 5.38 Å². The Kier molecular flexibility index (Phi) is 5.99. The number of thiazole rings is 1. The van der Waals surface area contributed by atoms with Crippen molar-refractivity contribution in [2.24, 2.45) is 5.92 Å². The Hall–Kier alpha value is -0.410. The van der Waals surface area contributed by atoms with Gasteiger partial charge < -0.3 is 5.11 Å². The van der Waals surface area contributed by atoms with Gasteiger partial charge in [0.1, 0.15) is 0 Å². The van der Waals surface area contributed by atoms with E-state index in [1.807, 2.05) is 6.92 Å². The molecule has 0 fully saturated rings. The van der Waals surface area contributed by atoms with Crippen LogP contribution in [0.25, 0.3) is 0 Å². The van der Waals surface area contributed by atoms with E-state index in [9.17, 15) is 5.11 Å². The summed E-state index contributed by atoms with van der Waals surface area (Å²) >= 11 is 1.66. The summed E-state index contributed by atoms with van der Waals surface area (Å²) in [6.07, 6.45) is 5.04. The van der Waals surface area contributed by atoms with E-state index in [2.05, 4.69) is 24.2 Å². The maximum absolute atomic E-state index is 10.2. The zero-order valence-corrected chi connectivity index (χ0v) is 11.4. The molecule has 3 heteroatoms. The lowest BCUT2D eigenvalue weighted by Crippen LogP contribution is -2.23. The van der Waals surface area contributed by atoms with Crippen molar-refractivity contribution in [2.75, 3.05) is 0 Å². The van der Waals surface area contributed by atoms with Crippen LogP contribution in [0.1, 0.15) is 50.2 Å². The predicted molar refractivity (Wildman–Crippen MR) is 69.9 cm³/mol. The minimum absolute atomic E-state index is 0.221. The molecule has 0 radical (unpaired) electrons. The van der Waals surface area contributed by atoms with Crippen LogP contribution in [0.3, 0.4) is 0 Å². The average molecular weight is 241 g/mol. The largest absolute Gasteiger partial charge is 0.392 e. The lowest BCUT2D eigenvalue weighted by Gasteiger charge is -2.21. The quantitative estimate of drug-likeness (QED) is 0.791. The van der Waals surface area contributed by atoms with Crippen LogP contribution in [0, 0.1) is 12.8 Å². The lowest BCUT2D eigenvalue weighted by atomic mass is 9.90. The highest BCUT2D eigenvalue weighted by Crippen LogP contribution is 2.21. The first-order valence-corrected chi connectivity index (χ1v) is 7.14. The van der Waals surface area contributed by atoms with Crippen LogP contribution in [0.2, 0.25) is 0 Å². The molecule has 0 saturated heterocycles. The molecule has 1 unspecified atom stereocenters. The van der Waals surface area contributed by atoms with E-state index in [0.717, 1.165) is 42.8 Å². The third-order valence-corrected chi connectivity index (χ3v) is 3.77. The number of aromatic nitrogens is 1. The van der Waals surface area contributed by atoms with Crippen LogP contribution < -0.4 is 0 Å². The Labute approximate surface area is 103 Å². The molecule has 2 nitrogen and oxygen atoms in total. The summed E-state index contributed by atoms with van der Waals surface area (Å²) in [7, 11) is 0. The zero-order chi connectivity index (χ0) is 12.0. The number of hydrogen-bond donors (Lipinski definition) is 1. The van der Waals surface area contributed by atoms with Gasteiger partial charge in [-0.3, -0.25) is 0 Å². The molecule has 0 spiro atoms. The van der Waals surface area contributed by atoms with Crippen molar-refractivity contribution < 1.29 is 5.11 Å². The monoisotopic (exact) mass is 241 g/mol. The SMILES string of the molecule is CCCC(CCC)C(O)Cc1csc(C)n1. The molecule has 92 valence electrons. The molecule has 1 N–H and O–H groups in total. The number of nitrogens with zero attached hydrogens (tertiary/aromatic N) is 1. The van der Waals surface area contributed by atoms with Crippen molar-refractivity contribution in [2.45, 2.75) is 59.0 Å². The summed E-state index contributed by atoms with van der Waals surface area (Å²) in [5, 5.41) is 13.3. The third kappa shape index (κ3) is 4.22. The summed E-state index contributed by atoms with van der Waals surface area (Å²) in [4.78, 5) is 4.41. The summed E-state index contributed by atoms with van der Waals surface area (Å²) < 4.78 is 0. The van der Waals surface area contributed by atoms with Crippen molar-refractivity contribution >= 4 is 11.3 Å². The molecule has 0 aromatic carbocycles. The maximum atomic E-state index is 10.2. The first kappa shape index (κ1) is 13.7. The Bertz CT molecular complexity index is 292. The topological polar surface area (TPSA) is 33.1 Å². The molecule has 0 amide bonds. The number of aliphatic hydroxyl groups is 1. The van der Waals surface area contributed by atoms with Gasteiger partial charge in [-0.05, 0) is 25.7 Å². The van der Waals surface area contributed by atoms with Crippen molar-refractivity contribution in [3.8, 4) is 0 Å². The fraction of sp³-hybridized carbons (Fsp3) is 0.769. The molecule has 1 rings (SSSR count). The molecule has 0 saturated carbocycles. The third-order valence-electron chi connectivity index (χ3n) is 2.95. The van der Waals surface area contributed by atoms with Gasteiger partial charge in [0.15, 0.2) is 0 Å². The van der Waals surface area contributed by atoms with Gasteiger partial charge in [0.2, 0.25) is 0 Å². The zero-order valence-electron chi connectivity index (χ0n) is 10.6. The number of aryl methyl sites for hydroxylation is 1. The minimum Gasteiger partial charge on any atom is -0.392 e. The Morgan fingerprint density at radius 1 is 1.31 bits per heavy atom. The van der Waals surface area contributed by atoms with E-state index < -0.39 is 0 Å². The second kappa shape index (κ2) is 7.02. The van der Waals surface area contributed by atoms with Crippen LogP contribution in [-0.2, 0) is 6.42 Å². The normalized spacial score (nSPS) is 13.3. The highest BCUT2D eigenvalue weighted by Gasteiger charge is 2.18. The predicted octanol–water partition coefficient (Wildman–Crippen LogP) is 3.57. The van der Waals surface area contributed by atoms with Crippen LogP contribution in [-0.4, -0.2) is 16.2 Å². The molecule has 1 heterocycles. The lowest BCUT2D eigenvalue weighted by molar-refractivity contribution is 0.0956. The van der Waals surface area contributed by atoms with E-state index in [0.29, 0.717) is 5.92 Å². The van der Waals surface area contributed by atoms with Gasteiger partial charge >= 0.3 is 0 Å². The van der Waals surface area contributed by atoms with Gasteiger partial charge in [-0.1, -0.05) is 26.7 Å². The molecule has 1 aromatic rings. The first-order valence-electron chi connectivity index (χ1n) is 6.26. The summed E-state index contributed by atoms with van der Waals surface area (Å²) in [5.74, 6) is 0.442. The van der Waals surface area contributed by atoms with Gasteiger partial charge in [0.05, 0.1) is 16.8 Å². The van der Waals surface area contributed by atoms with Gasteiger partial charge in [-0.15, -0.1) is 11.3 Å². The fourth-order valence-electron chi connectivity index (χ4n) is 2.15. The van der Waals surface area contributed by atoms with Gasteiger partial charge in [0.25, 0.3) is 0 Å². The molecule has 0 aliphatic heterocycles. The highest BCUT2D eigenvalue weighted by atomic mass is 32.1. The summed E-state index contributed by atoms with van der Waals surface area (Å²) in [6, 6.07) is 0. The number of hydrogen-bond acceptors (Lipinski definition) is 3. The van der Waals surface area contributed by atoms with Crippen LogP contribution in [0.5, 0.6) is 0 Å². The van der Waals surface area contributed by atoms with Crippen LogP contribution in [0.4, 0.5) is 0 Å². The summed E-state index contributed by atoms with van der Waals surface area (Å²) in [5.41, 5.74) is 1.05. The Morgan fingerprint density at radius 3 is 2.38 bits per heavy atom. The molecular formula is C13H23NOS. The first-order chi connectivity index (χ1) is 7.67. The van der Waals surface area contributed by atoms with Crippen molar-refractivity contribution in [1.82, 2.24) is 4.98 Å². The number of aliphatic hydroxyl groups excluding tert-OH is 1. The minimum atomic E-state index is -0.221. The molecule has 1 atom stereocenters. The van der Waals surface area contributed by atoms with Crippen LogP contribution >= 0.6 is 11.3 Å². The van der Waals surface area contributed by atoms with E-state index in [1.165, 1.54) is 0 Å². The maximum Gasteiger partial charge on any atom is 0.0897 e. The van der Waals surface area contributed by atoms with E-state index >= 15 is 0 Å². The summed E-state index contributed by atoms with van der Waals surface area (Å²) in [6.45, 7) is 6.38. The van der Waals surface area contributed by atoms with Crippen molar-refractivity contribution in [1.29, 1.82) is 0 Å². The highest BCUT2D eigenvalue weighted by molar-refractivity contribution is 7.09. The molecule has 0 bridgehead atoms. The molecule has 0 aliphatic rings. The average Bonchev–Trinajstić information content (AvgIpc) is 2.63. The molecule has 1 aromatic heterocycles. The Morgan fingerprint density at radius 2 is 1.94 bits per heavy atom. The van der Waals surface area contributed by atoms with Gasteiger partial charge in [-0.25, -0.2) is 4.98 Å². The smallest absolute Gasteiger partial charge is 0.0897 e. The van der Waals surface area contributed by atoms with E-state index in [4.69, 9.17) is 0 Å². The second-order valence-corrected chi connectivity index (χ2v) is 5.53. The van der Waals surface area contributed by atoms with E-state index in [1.54, 1.807) is 11.3 Å². The molecule has 0 aliphatic carbocycles. The van der Waals surface area contributed by atoms with Gasteiger partial charge in [0, 0.05) is 11.8 Å². The molecule has 16 heavy (non-hydrogen) atoms. The fourth-order valence-corrected chi connectivity index (χ4v) is 2.78. The second-order valence-electron chi connectivity index (χ2n) is 4.47. The van der Waals surface area contributed by atoms with E-state index in [-0.39, 0.29) is 6.10 Å². The number of rotatable bonds is 7. The molecular weight excluding hydrogens is 218 g/mol. The van der Waals surface area contributed by atoms with Crippen molar-refractivity contribution in [3.05, 3.63) is 16.1 Å².